The van der Waals surface area contributed by atoms with Crippen molar-refractivity contribution in [3.8, 4) is 0 Å². The second kappa shape index (κ2) is 2.81. The van der Waals surface area contributed by atoms with Crippen LogP contribution in [-0.2, 0) is 0 Å². The van der Waals surface area contributed by atoms with Gasteiger partial charge in [0.2, 0.25) is 0 Å². The third-order valence-electron chi connectivity index (χ3n) is 1.48. The van der Waals surface area contributed by atoms with Crippen LogP contribution in [-0.4, -0.2) is 11.1 Å². The van der Waals surface area contributed by atoms with Gasteiger partial charge in [0.25, 0.3) is 0 Å². The highest BCUT2D eigenvalue weighted by Gasteiger charge is 2.14. The summed E-state index contributed by atoms with van der Waals surface area (Å²) in [7, 11) is 0. The number of carboxylic acids is 1. The molecule has 4 heteroatoms. The van der Waals surface area contributed by atoms with Gasteiger partial charge in [-0.3, -0.25) is 0 Å². The normalized spacial score (nSPS) is 9.83. The molecule has 0 heterocycles. The number of hydrogen-bond acceptors (Lipinski definition) is 2. The van der Waals surface area contributed by atoms with Crippen LogP contribution in [0.2, 0.25) is 0 Å². The minimum absolute atomic E-state index is 0.0417. The molecule has 0 spiro atoms. The van der Waals surface area contributed by atoms with E-state index in [0.717, 1.165) is 6.07 Å². The van der Waals surface area contributed by atoms with Crippen molar-refractivity contribution >= 4 is 11.7 Å². The summed E-state index contributed by atoms with van der Waals surface area (Å²) in [5.74, 6) is -2.13. The van der Waals surface area contributed by atoms with E-state index in [4.69, 9.17) is 10.8 Å². The van der Waals surface area contributed by atoms with E-state index in [1.165, 1.54) is 6.07 Å². The third-order valence-corrected chi connectivity index (χ3v) is 1.48. The molecule has 1 aromatic rings. The van der Waals surface area contributed by atoms with Gasteiger partial charge in [0.05, 0.1) is 0 Å². The van der Waals surface area contributed by atoms with E-state index >= 15 is 0 Å². The number of aryl methyl sites for hydroxylation is 1. The number of nitrogen functional groups attached to an aromatic ring is 1. The lowest BCUT2D eigenvalue weighted by molar-refractivity contribution is 0.0693. The van der Waals surface area contributed by atoms with E-state index in [1.54, 1.807) is 6.92 Å². The summed E-state index contributed by atoms with van der Waals surface area (Å²) in [4.78, 5) is 10.4. The van der Waals surface area contributed by atoms with Crippen LogP contribution in [0.1, 0.15) is 15.9 Å². The highest BCUT2D eigenvalue weighted by Crippen LogP contribution is 2.17. The van der Waals surface area contributed by atoms with E-state index in [0.29, 0.717) is 5.56 Å². The molecule has 1 aromatic carbocycles. The highest BCUT2D eigenvalue weighted by molar-refractivity contribution is 5.94. The van der Waals surface area contributed by atoms with Crippen LogP contribution in [0.15, 0.2) is 12.1 Å². The molecule has 0 fully saturated rings. The Bertz CT molecular complexity index is 313. The van der Waals surface area contributed by atoms with Crippen molar-refractivity contribution < 1.29 is 14.3 Å². The Morgan fingerprint density at radius 3 is 2.58 bits per heavy atom. The van der Waals surface area contributed by atoms with Crippen LogP contribution in [0, 0.1) is 12.7 Å². The number of halogens is 1. The van der Waals surface area contributed by atoms with E-state index in [1.807, 2.05) is 0 Å². The van der Waals surface area contributed by atoms with Crippen LogP contribution >= 0.6 is 0 Å². The van der Waals surface area contributed by atoms with Gasteiger partial charge in [-0.25, -0.2) is 9.18 Å². The summed E-state index contributed by atoms with van der Waals surface area (Å²) in [6, 6.07) is 2.56. The van der Waals surface area contributed by atoms with E-state index in [2.05, 4.69) is 0 Å². The Labute approximate surface area is 68.6 Å². The first kappa shape index (κ1) is 8.52. The number of hydrogen-bond donors (Lipinski definition) is 2. The largest absolute Gasteiger partial charge is 0.478 e. The molecule has 12 heavy (non-hydrogen) atoms. The average molecular weight is 169 g/mol. The third kappa shape index (κ3) is 1.37. The molecule has 64 valence electrons. The zero-order chi connectivity index (χ0) is 9.30. The summed E-state index contributed by atoms with van der Waals surface area (Å²) < 4.78 is 12.9. The maximum Gasteiger partial charge on any atom is 0.340 e. The fourth-order valence-electron chi connectivity index (χ4n) is 0.995. The van der Waals surface area contributed by atoms with Gasteiger partial charge in [-0.15, -0.1) is 0 Å². The first-order chi connectivity index (χ1) is 5.52. The standard InChI is InChI=1S/C8H8FNO2/c1-4-2-5(9)7(8(11)12)6(10)3-4/h2-3H,10H2,1H3,(H,11,12). The molecular weight excluding hydrogens is 161 g/mol. The first-order valence-corrected chi connectivity index (χ1v) is 3.31. The van der Waals surface area contributed by atoms with E-state index < -0.39 is 17.3 Å². The summed E-state index contributed by atoms with van der Waals surface area (Å²) >= 11 is 0. The molecule has 1 rings (SSSR count). The lowest BCUT2D eigenvalue weighted by Crippen LogP contribution is -2.06. The van der Waals surface area contributed by atoms with Crippen molar-refractivity contribution in [2.45, 2.75) is 6.92 Å². The molecule has 0 aliphatic carbocycles. The lowest BCUT2D eigenvalue weighted by Gasteiger charge is -2.02. The number of carbonyl (C=O) groups is 1. The van der Waals surface area contributed by atoms with Crippen molar-refractivity contribution in [1.29, 1.82) is 0 Å². The SMILES string of the molecule is Cc1cc(N)c(C(=O)O)c(F)c1. The zero-order valence-electron chi connectivity index (χ0n) is 6.47. The molecule has 0 aliphatic rings. The number of carboxylic acid groups (broad SMARTS) is 1. The molecular formula is C8H8FNO2. The summed E-state index contributed by atoms with van der Waals surface area (Å²) in [6.45, 7) is 1.64. The summed E-state index contributed by atoms with van der Waals surface area (Å²) in [5.41, 5.74) is 5.41. The Hall–Kier alpha value is -1.58. The second-order valence-corrected chi connectivity index (χ2v) is 2.52. The summed E-state index contributed by atoms with van der Waals surface area (Å²) in [5, 5.41) is 8.52. The number of aromatic carboxylic acids is 1. The van der Waals surface area contributed by atoms with Gasteiger partial charge in [0.1, 0.15) is 11.4 Å². The van der Waals surface area contributed by atoms with Crippen LogP contribution in [0.25, 0.3) is 0 Å². The smallest absolute Gasteiger partial charge is 0.340 e. The fourth-order valence-corrected chi connectivity index (χ4v) is 0.995. The van der Waals surface area contributed by atoms with E-state index in [-0.39, 0.29) is 5.69 Å². The average Bonchev–Trinajstić information content (AvgIpc) is 1.82. The molecule has 0 atom stereocenters. The van der Waals surface area contributed by atoms with Crippen molar-refractivity contribution in [3.05, 3.63) is 29.1 Å². The van der Waals surface area contributed by atoms with Crippen LogP contribution < -0.4 is 5.73 Å². The molecule has 0 aliphatic heterocycles. The van der Waals surface area contributed by atoms with Crippen molar-refractivity contribution in [2.75, 3.05) is 5.73 Å². The molecule has 3 N–H and O–H groups in total. The maximum atomic E-state index is 12.9. The fraction of sp³-hybridized carbons (Fsp3) is 0.125. The Kier molecular flexibility index (Phi) is 1.99. The van der Waals surface area contributed by atoms with Crippen LogP contribution in [0.3, 0.4) is 0 Å². The molecule has 0 saturated carbocycles. The number of anilines is 1. The van der Waals surface area contributed by atoms with Crippen molar-refractivity contribution in [1.82, 2.24) is 0 Å². The van der Waals surface area contributed by atoms with Gasteiger partial charge < -0.3 is 10.8 Å². The first-order valence-electron chi connectivity index (χ1n) is 3.31. The molecule has 3 nitrogen and oxygen atoms in total. The minimum Gasteiger partial charge on any atom is -0.478 e. The van der Waals surface area contributed by atoms with Gasteiger partial charge in [0.15, 0.2) is 0 Å². The number of rotatable bonds is 1. The van der Waals surface area contributed by atoms with Gasteiger partial charge >= 0.3 is 5.97 Å². The number of benzene rings is 1. The molecule has 0 aromatic heterocycles. The maximum absolute atomic E-state index is 12.9. The van der Waals surface area contributed by atoms with Gasteiger partial charge in [-0.05, 0) is 24.6 Å². The topological polar surface area (TPSA) is 63.3 Å². The number of nitrogens with two attached hydrogens (primary N) is 1. The van der Waals surface area contributed by atoms with Gasteiger partial charge in [-0.2, -0.15) is 0 Å². The molecule has 0 saturated heterocycles. The van der Waals surface area contributed by atoms with Gasteiger partial charge in [-0.1, -0.05) is 0 Å². The Morgan fingerprint density at radius 1 is 1.58 bits per heavy atom. The Morgan fingerprint density at radius 2 is 2.17 bits per heavy atom. The second-order valence-electron chi connectivity index (χ2n) is 2.52. The molecule has 0 amide bonds. The predicted octanol–water partition coefficient (Wildman–Crippen LogP) is 1.41. The highest BCUT2D eigenvalue weighted by atomic mass is 19.1. The molecule has 0 unspecified atom stereocenters. The monoisotopic (exact) mass is 169 g/mol. The zero-order valence-corrected chi connectivity index (χ0v) is 6.47. The van der Waals surface area contributed by atoms with Crippen molar-refractivity contribution in [3.63, 3.8) is 0 Å². The van der Waals surface area contributed by atoms with Crippen LogP contribution in [0.5, 0.6) is 0 Å². The quantitative estimate of drug-likeness (QED) is 0.625. The minimum atomic E-state index is -1.34. The predicted molar refractivity (Wildman–Crippen MR) is 42.5 cm³/mol. The summed E-state index contributed by atoms with van der Waals surface area (Å²) in [6.07, 6.45) is 0. The van der Waals surface area contributed by atoms with Gasteiger partial charge in [0, 0.05) is 5.69 Å². The van der Waals surface area contributed by atoms with Crippen molar-refractivity contribution in [2.24, 2.45) is 0 Å². The molecule has 0 bridgehead atoms. The lowest BCUT2D eigenvalue weighted by atomic mass is 10.1. The Balaban J connectivity index is 3.38. The van der Waals surface area contributed by atoms with E-state index in [9.17, 15) is 9.18 Å². The van der Waals surface area contributed by atoms with Crippen LogP contribution in [0.4, 0.5) is 10.1 Å². The molecule has 0 radical (unpaired) electrons.